The van der Waals surface area contributed by atoms with Crippen LogP contribution < -0.4 is 10.1 Å². The Bertz CT molecular complexity index is 722. The fraction of sp³-hybridized carbons (Fsp3) is 0.588. The third-order valence-electron chi connectivity index (χ3n) is 4.68. The highest BCUT2D eigenvalue weighted by molar-refractivity contribution is 7.89. The maximum absolute atomic E-state index is 13.0. The SMILES string of the molecule is CCOc1cccc(S(=O)(=O)N2CCCC(N3CCNCC3=O)C2)c1. The number of carbonyl (C=O) groups is 1. The Labute approximate surface area is 149 Å². The fourth-order valence-electron chi connectivity index (χ4n) is 3.44. The molecule has 1 atom stereocenters. The Morgan fingerprint density at radius 2 is 2.16 bits per heavy atom. The van der Waals surface area contributed by atoms with E-state index in [1.165, 1.54) is 4.31 Å². The molecule has 1 N–H and O–H groups in total. The topological polar surface area (TPSA) is 79.0 Å². The zero-order valence-electron chi connectivity index (χ0n) is 14.5. The van der Waals surface area contributed by atoms with Crippen molar-refractivity contribution in [2.45, 2.75) is 30.7 Å². The largest absolute Gasteiger partial charge is 0.494 e. The van der Waals surface area contributed by atoms with Crippen LogP contribution in [0.15, 0.2) is 29.2 Å². The van der Waals surface area contributed by atoms with Crippen LogP contribution in [0.1, 0.15) is 19.8 Å². The first-order valence-corrected chi connectivity index (χ1v) is 10.2. The fourth-order valence-corrected chi connectivity index (χ4v) is 4.99. The number of carbonyl (C=O) groups excluding carboxylic acids is 1. The summed E-state index contributed by atoms with van der Waals surface area (Å²) in [4.78, 5) is 14.2. The third kappa shape index (κ3) is 3.96. The summed E-state index contributed by atoms with van der Waals surface area (Å²) in [6.45, 7) is 4.91. The molecule has 138 valence electrons. The third-order valence-corrected chi connectivity index (χ3v) is 6.54. The highest BCUT2D eigenvalue weighted by Crippen LogP contribution is 2.25. The molecule has 25 heavy (non-hydrogen) atoms. The van der Waals surface area contributed by atoms with Gasteiger partial charge in [0.05, 0.1) is 18.0 Å². The van der Waals surface area contributed by atoms with E-state index in [0.717, 1.165) is 19.4 Å². The van der Waals surface area contributed by atoms with Crippen molar-refractivity contribution in [1.82, 2.24) is 14.5 Å². The van der Waals surface area contributed by atoms with Crippen LogP contribution in [0.25, 0.3) is 0 Å². The molecule has 0 spiro atoms. The molecule has 2 aliphatic rings. The number of hydrogen-bond acceptors (Lipinski definition) is 5. The highest BCUT2D eigenvalue weighted by Gasteiger charge is 2.35. The van der Waals surface area contributed by atoms with Gasteiger partial charge in [0.1, 0.15) is 5.75 Å². The van der Waals surface area contributed by atoms with E-state index in [0.29, 0.717) is 38.5 Å². The van der Waals surface area contributed by atoms with E-state index in [4.69, 9.17) is 4.74 Å². The van der Waals surface area contributed by atoms with E-state index < -0.39 is 10.0 Å². The van der Waals surface area contributed by atoms with Crippen LogP contribution in [0.5, 0.6) is 5.75 Å². The number of ether oxygens (including phenoxy) is 1. The second kappa shape index (κ2) is 7.72. The van der Waals surface area contributed by atoms with Crippen LogP contribution in [0.3, 0.4) is 0 Å². The summed E-state index contributed by atoms with van der Waals surface area (Å²) in [6, 6.07) is 6.56. The number of amides is 1. The first-order valence-electron chi connectivity index (χ1n) is 8.75. The summed E-state index contributed by atoms with van der Waals surface area (Å²) in [5.41, 5.74) is 0. The minimum atomic E-state index is -3.59. The number of nitrogens with one attached hydrogen (secondary N) is 1. The molecule has 2 heterocycles. The Balaban J connectivity index is 1.77. The first-order chi connectivity index (χ1) is 12.0. The standard InChI is InChI=1S/C17H25N3O4S/c1-2-24-15-6-3-7-16(11-15)25(22,23)19-9-4-5-14(13-19)20-10-8-18-12-17(20)21/h3,6-7,11,14,18H,2,4-5,8-10,12-13H2,1H3. The maximum atomic E-state index is 13.0. The van der Waals surface area contributed by atoms with Gasteiger partial charge in [0, 0.05) is 38.3 Å². The average Bonchev–Trinajstić information content (AvgIpc) is 2.63. The van der Waals surface area contributed by atoms with Crippen molar-refractivity contribution in [2.24, 2.45) is 0 Å². The normalized spacial score (nSPS) is 22.8. The lowest BCUT2D eigenvalue weighted by Gasteiger charge is -2.40. The molecule has 0 bridgehead atoms. The number of nitrogens with zero attached hydrogens (tertiary/aromatic N) is 2. The molecule has 1 aromatic carbocycles. The lowest BCUT2D eigenvalue weighted by atomic mass is 10.1. The smallest absolute Gasteiger partial charge is 0.243 e. The number of piperazine rings is 1. The average molecular weight is 367 g/mol. The lowest BCUT2D eigenvalue weighted by molar-refractivity contribution is -0.135. The molecule has 2 saturated heterocycles. The molecule has 0 saturated carbocycles. The molecule has 2 aliphatic heterocycles. The van der Waals surface area contributed by atoms with Crippen LogP contribution in [0.2, 0.25) is 0 Å². The molecule has 0 aliphatic carbocycles. The van der Waals surface area contributed by atoms with Crippen LogP contribution >= 0.6 is 0 Å². The van der Waals surface area contributed by atoms with Gasteiger partial charge in [-0.25, -0.2) is 8.42 Å². The summed E-state index contributed by atoms with van der Waals surface area (Å²) in [5, 5.41) is 3.05. The number of sulfonamides is 1. The quantitative estimate of drug-likeness (QED) is 0.828. The minimum Gasteiger partial charge on any atom is -0.494 e. The van der Waals surface area contributed by atoms with Crippen LogP contribution in [0, 0.1) is 0 Å². The van der Waals surface area contributed by atoms with E-state index in [1.54, 1.807) is 24.3 Å². The molecule has 0 radical (unpaired) electrons. The van der Waals surface area contributed by atoms with Gasteiger partial charge in [-0.15, -0.1) is 0 Å². The molecule has 1 aromatic rings. The van der Waals surface area contributed by atoms with Crippen molar-refractivity contribution >= 4 is 15.9 Å². The molecular weight excluding hydrogens is 342 g/mol. The minimum absolute atomic E-state index is 0.0480. The maximum Gasteiger partial charge on any atom is 0.243 e. The Kier molecular flexibility index (Phi) is 5.61. The van der Waals surface area contributed by atoms with Crippen molar-refractivity contribution in [1.29, 1.82) is 0 Å². The lowest BCUT2D eigenvalue weighted by Crippen LogP contribution is -2.57. The van der Waals surface area contributed by atoms with Gasteiger partial charge in [0.25, 0.3) is 0 Å². The second-order valence-electron chi connectivity index (χ2n) is 6.33. The van der Waals surface area contributed by atoms with Gasteiger partial charge in [0.15, 0.2) is 0 Å². The van der Waals surface area contributed by atoms with E-state index in [1.807, 2.05) is 11.8 Å². The van der Waals surface area contributed by atoms with Crippen LogP contribution in [-0.2, 0) is 14.8 Å². The van der Waals surface area contributed by atoms with Gasteiger partial charge in [-0.2, -0.15) is 4.31 Å². The van der Waals surface area contributed by atoms with Crippen LogP contribution in [-0.4, -0.2) is 68.9 Å². The van der Waals surface area contributed by atoms with Gasteiger partial charge >= 0.3 is 0 Å². The Morgan fingerprint density at radius 3 is 2.92 bits per heavy atom. The summed E-state index contributed by atoms with van der Waals surface area (Å²) < 4.78 is 32.9. The number of benzene rings is 1. The number of hydrogen-bond donors (Lipinski definition) is 1. The van der Waals surface area contributed by atoms with Crippen molar-refractivity contribution in [3.8, 4) is 5.75 Å². The number of rotatable bonds is 5. The van der Waals surface area contributed by atoms with Crippen molar-refractivity contribution in [2.75, 3.05) is 39.3 Å². The van der Waals surface area contributed by atoms with Gasteiger partial charge in [-0.1, -0.05) is 6.07 Å². The van der Waals surface area contributed by atoms with E-state index in [9.17, 15) is 13.2 Å². The Morgan fingerprint density at radius 1 is 1.32 bits per heavy atom. The van der Waals surface area contributed by atoms with Crippen LogP contribution in [0.4, 0.5) is 0 Å². The number of piperidine rings is 1. The predicted octanol–water partition coefficient (Wildman–Crippen LogP) is 0.670. The van der Waals surface area contributed by atoms with E-state index >= 15 is 0 Å². The predicted molar refractivity (Wildman–Crippen MR) is 94.0 cm³/mol. The van der Waals surface area contributed by atoms with Crippen molar-refractivity contribution in [3.63, 3.8) is 0 Å². The van der Waals surface area contributed by atoms with Crippen molar-refractivity contribution in [3.05, 3.63) is 24.3 Å². The van der Waals surface area contributed by atoms with E-state index in [2.05, 4.69) is 5.32 Å². The summed E-state index contributed by atoms with van der Waals surface area (Å²) in [5.74, 6) is 0.600. The zero-order chi connectivity index (χ0) is 17.9. The van der Waals surface area contributed by atoms with Gasteiger partial charge in [0.2, 0.25) is 15.9 Å². The molecular formula is C17H25N3O4S. The molecule has 8 heteroatoms. The van der Waals surface area contributed by atoms with Gasteiger partial charge in [-0.3, -0.25) is 4.79 Å². The molecule has 3 rings (SSSR count). The van der Waals surface area contributed by atoms with E-state index in [-0.39, 0.29) is 16.8 Å². The highest BCUT2D eigenvalue weighted by atomic mass is 32.2. The molecule has 7 nitrogen and oxygen atoms in total. The zero-order valence-corrected chi connectivity index (χ0v) is 15.3. The summed E-state index contributed by atoms with van der Waals surface area (Å²) >= 11 is 0. The summed E-state index contributed by atoms with van der Waals surface area (Å²) in [7, 11) is -3.59. The molecule has 1 amide bonds. The monoisotopic (exact) mass is 367 g/mol. The first kappa shape index (κ1) is 18.2. The molecule has 1 unspecified atom stereocenters. The van der Waals surface area contributed by atoms with Gasteiger partial charge in [-0.05, 0) is 31.9 Å². The molecule has 0 aromatic heterocycles. The van der Waals surface area contributed by atoms with Crippen molar-refractivity contribution < 1.29 is 17.9 Å². The summed E-state index contributed by atoms with van der Waals surface area (Å²) in [6.07, 6.45) is 1.60. The van der Waals surface area contributed by atoms with Gasteiger partial charge < -0.3 is 15.0 Å². The Hall–Kier alpha value is -1.64. The molecule has 2 fully saturated rings. The second-order valence-corrected chi connectivity index (χ2v) is 8.27.